The minimum atomic E-state index is -0.671. The first kappa shape index (κ1) is 12.4. The molecule has 0 atom stereocenters. The molecule has 0 heterocycles. The molecule has 0 unspecified atom stereocenters. The van der Waals surface area contributed by atoms with E-state index in [1.807, 2.05) is 0 Å². The van der Waals surface area contributed by atoms with Crippen LogP contribution < -0.4 is 11.2 Å². The first-order chi connectivity index (χ1) is 7.29. The number of nitrogen functional groups attached to an aromatic ring is 1. The van der Waals surface area contributed by atoms with Crippen LogP contribution in [0.3, 0.4) is 0 Å². The van der Waals surface area contributed by atoms with E-state index in [4.69, 9.17) is 10.6 Å². The molecule has 0 radical (unpaired) electrons. The van der Waals surface area contributed by atoms with Gasteiger partial charge in [-0.3, -0.25) is 9.63 Å². The van der Waals surface area contributed by atoms with Crippen molar-refractivity contribution in [2.24, 2.45) is 0 Å². The maximum absolute atomic E-state index is 13.3. The molecule has 0 bridgehead atoms. The number of hydroxylamine groups is 1. The maximum atomic E-state index is 13.3. The Labute approximate surface area is 93.5 Å². The van der Waals surface area contributed by atoms with Gasteiger partial charge in [-0.15, -0.1) is 0 Å². The van der Waals surface area contributed by atoms with Gasteiger partial charge in [-0.1, -0.05) is 0 Å². The molecule has 3 N–H and O–H groups in total. The van der Waals surface area contributed by atoms with Gasteiger partial charge in [0.05, 0.1) is 11.2 Å². The Morgan fingerprint density at radius 3 is 2.56 bits per heavy atom. The zero-order valence-electron chi connectivity index (χ0n) is 9.50. The Balaban J connectivity index is 2.74. The van der Waals surface area contributed by atoms with Crippen LogP contribution >= 0.6 is 0 Å². The van der Waals surface area contributed by atoms with Crippen LogP contribution in [0.5, 0.6) is 0 Å². The van der Waals surface area contributed by atoms with Crippen LogP contribution in [0.2, 0.25) is 0 Å². The quantitative estimate of drug-likeness (QED) is 0.597. The topological polar surface area (TPSA) is 64.3 Å². The van der Waals surface area contributed by atoms with Crippen molar-refractivity contribution < 1.29 is 14.0 Å². The van der Waals surface area contributed by atoms with Crippen LogP contribution in [0.15, 0.2) is 18.2 Å². The first-order valence-electron chi connectivity index (χ1n) is 4.83. The largest absolute Gasteiger partial charge is 0.399 e. The molecule has 1 aromatic rings. The minimum absolute atomic E-state index is 0.0987. The molecular weight excluding hydrogens is 211 g/mol. The predicted molar refractivity (Wildman–Crippen MR) is 59.1 cm³/mol. The predicted octanol–water partition coefficient (Wildman–Crippen LogP) is 1.87. The number of nitrogens with one attached hydrogen (secondary N) is 1. The van der Waals surface area contributed by atoms with E-state index in [1.165, 1.54) is 12.1 Å². The van der Waals surface area contributed by atoms with Gasteiger partial charge in [0.1, 0.15) is 5.82 Å². The SMILES string of the molecule is CC(C)(C)ONC(=O)c1ccc(N)cc1F. The highest BCUT2D eigenvalue weighted by atomic mass is 19.1. The summed E-state index contributed by atoms with van der Waals surface area (Å²) in [5, 5.41) is 0. The summed E-state index contributed by atoms with van der Waals surface area (Å²) in [7, 11) is 0. The molecule has 1 rings (SSSR count). The second-order valence-electron chi connectivity index (χ2n) is 4.38. The average Bonchev–Trinajstić information content (AvgIpc) is 2.13. The molecule has 0 aliphatic rings. The third-order valence-corrected chi connectivity index (χ3v) is 1.69. The number of rotatable bonds is 2. The van der Waals surface area contributed by atoms with Gasteiger partial charge >= 0.3 is 0 Å². The number of benzene rings is 1. The smallest absolute Gasteiger partial charge is 0.277 e. The summed E-state index contributed by atoms with van der Waals surface area (Å²) in [6.45, 7) is 5.31. The number of hydrogen-bond donors (Lipinski definition) is 2. The molecule has 1 amide bonds. The van der Waals surface area contributed by atoms with E-state index in [0.29, 0.717) is 0 Å². The lowest BCUT2D eigenvalue weighted by Gasteiger charge is -2.19. The van der Waals surface area contributed by atoms with E-state index in [1.54, 1.807) is 20.8 Å². The number of carbonyl (C=O) groups is 1. The molecule has 16 heavy (non-hydrogen) atoms. The Bertz CT molecular complexity index is 399. The normalized spacial score (nSPS) is 11.2. The van der Waals surface area contributed by atoms with Crippen LogP contribution in [0.25, 0.3) is 0 Å². The fraction of sp³-hybridized carbons (Fsp3) is 0.364. The first-order valence-corrected chi connectivity index (χ1v) is 4.83. The molecule has 0 spiro atoms. The van der Waals surface area contributed by atoms with Crippen LogP contribution in [-0.2, 0) is 4.84 Å². The highest BCUT2D eigenvalue weighted by molar-refractivity contribution is 5.94. The van der Waals surface area contributed by atoms with Crippen molar-refractivity contribution in [2.45, 2.75) is 26.4 Å². The van der Waals surface area contributed by atoms with E-state index in [9.17, 15) is 9.18 Å². The van der Waals surface area contributed by atoms with Crippen molar-refractivity contribution in [2.75, 3.05) is 5.73 Å². The van der Waals surface area contributed by atoms with Crippen molar-refractivity contribution in [3.05, 3.63) is 29.6 Å². The standard InChI is InChI=1S/C11H15FN2O2/c1-11(2,3)16-14-10(15)8-5-4-7(13)6-9(8)12/h4-6H,13H2,1-3H3,(H,14,15). The second kappa shape index (κ2) is 4.49. The number of carbonyl (C=O) groups excluding carboxylic acids is 1. The summed E-state index contributed by atoms with van der Waals surface area (Å²) in [4.78, 5) is 16.5. The van der Waals surface area contributed by atoms with Crippen LogP contribution in [0, 0.1) is 5.82 Å². The Hall–Kier alpha value is -1.62. The fourth-order valence-electron chi connectivity index (χ4n) is 0.970. The maximum Gasteiger partial charge on any atom is 0.277 e. The van der Waals surface area contributed by atoms with Crippen LogP contribution in [-0.4, -0.2) is 11.5 Å². The fourth-order valence-corrected chi connectivity index (χ4v) is 0.970. The van der Waals surface area contributed by atoms with Gasteiger partial charge in [-0.25, -0.2) is 9.87 Å². The third-order valence-electron chi connectivity index (χ3n) is 1.69. The lowest BCUT2D eigenvalue weighted by molar-refractivity contribution is -0.0591. The Morgan fingerprint density at radius 1 is 1.44 bits per heavy atom. The van der Waals surface area contributed by atoms with Gasteiger partial charge in [0.2, 0.25) is 0 Å². The summed E-state index contributed by atoms with van der Waals surface area (Å²) in [6, 6.07) is 3.85. The summed E-state index contributed by atoms with van der Waals surface area (Å²) >= 11 is 0. The highest BCUT2D eigenvalue weighted by Crippen LogP contribution is 2.12. The monoisotopic (exact) mass is 226 g/mol. The molecule has 0 aliphatic heterocycles. The van der Waals surface area contributed by atoms with E-state index in [-0.39, 0.29) is 11.3 Å². The van der Waals surface area contributed by atoms with Gasteiger partial charge in [-0.05, 0) is 39.0 Å². The van der Waals surface area contributed by atoms with E-state index < -0.39 is 17.3 Å². The molecule has 88 valence electrons. The van der Waals surface area contributed by atoms with Crippen LogP contribution in [0.4, 0.5) is 10.1 Å². The average molecular weight is 226 g/mol. The van der Waals surface area contributed by atoms with Gasteiger partial charge in [0, 0.05) is 5.69 Å². The van der Waals surface area contributed by atoms with Crippen LogP contribution in [0.1, 0.15) is 31.1 Å². The number of anilines is 1. The van der Waals surface area contributed by atoms with Gasteiger partial charge in [0.15, 0.2) is 0 Å². The summed E-state index contributed by atoms with van der Waals surface area (Å²) in [5.41, 5.74) is 7.19. The van der Waals surface area contributed by atoms with Gasteiger partial charge < -0.3 is 5.73 Å². The van der Waals surface area contributed by atoms with Crippen molar-refractivity contribution in [3.63, 3.8) is 0 Å². The molecule has 4 nitrogen and oxygen atoms in total. The molecule has 1 aromatic carbocycles. The number of nitrogens with two attached hydrogens (primary N) is 1. The molecule has 0 saturated heterocycles. The Morgan fingerprint density at radius 2 is 2.06 bits per heavy atom. The number of hydrogen-bond acceptors (Lipinski definition) is 3. The van der Waals surface area contributed by atoms with Crippen molar-refractivity contribution in [1.82, 2.24) is 5.48 Å². The zero-order chi connectivity index (χ0) is 12.3. The van der Waals surface area contributed by atoms with Crippen molar-refractivity contribution >= 4 is 11.6 Å². The Kier molecular flexibility index (Phi) is 3.49. The minimum Gasteiger partial charge on any atom is -0.399 e. The van der Waals surface area contributed by atoms with Gasteiger partial charge in [0.25, 0.3) is 5.91 Å². The third kappa shape index (κ3) is 3.51. The molecule has 0 aliphatic carbocycles. The van der Waals surface area contributed by atoms with Crippen molar-refractivity contribution in [1.29, 1.82) is 0 Å². The molecular formula is C11H15FN2O2. The molecule has 0 fully saturated rings. The number of halogens is 1. The molecule has 5 heteroatoms. The summed E-state index contributed by atoms with van der Waals surface area (Å²) < 4.78 is 13.3. The van der Waals surface area contributed by atoms with Gasteiger partial charge in [-0.2, -0.15) is 0 Å². The van der Waals surface area contributed by atoms with Crippen molar-refractivity contribution in [3.8, 4) is 0 Å². The summed E-state index contributed by atoms with van der Waals surface area (Å²) in [6.07, 6.45) is 0. The molecule has 0 aromatic heterocycles. The van der Waals surface area contributed by atoms with E-state index in [2.05, 4.69) is 5.48 Å². The number of amides is 1. The van der Waals surface area contributed by atoms with E-state index in [0.717, 1.165) is 6.07 Å². The lowest BCUT2D eigenvalue weighted by atomic mass is 10.2. The summed E-state index contributed by atoms with van der Waals surface area (Å²) in [5.74, 6) is -1.30. The second-order valence-corrected chi connectivity index (χ2v) is 4.38. The van der Waals surface area contributed by atoms with E-state index >= 15 is 0 Å². The zero-order valence-corrected chi connectivity index (χ0v) is 9.50. The molecule has 0 saturated carbocycles. The highest BCUT2D eigenvalue weighted by Gasteiger charge is 2.16. The lowest BCUT2D eigenvalue weighted by Crippen LogP contribution is -2.33.